The number of nitro groups is 1. The van der Waals surface area contributed by atoms with Crippen molar-refractivity contribution in [3.05, 3.63) is 31.9 Å². The number of nitro benzene ring substituents is 1. The second-order valence-electron chi connectivity index (χ2n) is 5.23. The van der Waals surface area contributed by atoms with E-state index in [1.165, 1.54) is 0 Å². The van der Waals surface area contributed by atoms with Gasteiger partial charge in [0.05, 0.1) is 14.1 Å². The minimum atomic E-state index is -0.595. The van der Waals surface area contributed by atoms with Crippen molar-refractivity contribution in [2.24, 2.45) is 0 Å². The molecule has 1 N–H and O–H groups in total. The zero-order valence-corrected chi connectivity index (χ0v) is 13.0. The molecule has 5 nitrogen and oxygen atoms in total. The van der Waals surface area contributed by atoms with Gasteiger partial charge in [-0.2, -0.15) is 0 Å². The normalized spacial score (nSPS) is 24.1. The van der Waals surface area contributed by atoms with Crippen molar-refractivity contribution in [3.8, 4) is 0 Å². The molecule has 2 rings (SSSR count). The molecule has 1 aliphatic rings. The lowest BCUT2D eigenvalue weighted by Crippen LogP contribution is -2.28. The number of benzene rings is 1. The largest absolute Gasteiger partial charge is 0.390 e. The second-order valence-corrected chi connectivity index (χ2v) is 6.39. The maximum absolute atomic E-state index is 10.8. The molecule has 0 saturated carbocycles. The molecule has 0 bridgehead atoms. The van der Waals surface area contributed by atoms with Gasteiger partial charge in [0.15, 0.2) is 0 Å². The van der Waals surface area contributed by atoms with E-state index in [9.17, 15) is 15.2 Å². The molecule has 19 heavy (non-hydrogen) atoms. The molecule has 0 aliphatic carbocycles. The van der Waals surface area contributed by atoms with Crippen LogP contribution in [0.4, 0.5) is 11.4 Å². The average molecular weight is 376 g/mol. The third-order valence-electron chi connectivity index (χ3n) is 3.56. The first-order valence-corrected chi connectivity index (χ1v) is 7.38. The highest BCUT2D eigenvalue weighted by Crippen LogP contribution is 2.29. The van der Waals surface area contributed by atoms with Crippen molar-refractivity contribution >= 4 is 34.0 Å². The predicted octanol–water partition coefficient (Wildman–Crippen LogP) is 2.94. The van der Waals surface area contributed by atoms with Crippen LogP contribution in [-0.2, 0) is 0 Å². The smallest absolute Gasteiger partial charge is 0.282 e. The number of aliphatic hydroxyl groups is 1. The van der Waals surface area contributed by atoms with E-state index in [2.05, 4.69) is 4.90 Å². The fraction of sp³-hybridized carbons (Fsp3) is 0.538. The van der Waals surface area contributed by atoms with Gasteiger partial charge in [-0.05, 0) is 60.9 Å². The van der Waals surface area contributed by atoms with E-state index in [0.29, 0.717) is 3.57 Å². The lowest BCUT2D eigenvalue weighted by atomic mass is 9.98. The Kier molecular flexibility index (Phi) is 4.29. The molecule has 1 aromatic rings. The van der Waals surface area contributed by atoms with Gasteiger partial charge in [-0.3, -0.25) is 10.1 Å². The third-order valence-corrected chi connectivity index (χ3v) is 4.42. The zero-order chi connectivity index (χ0) is 14.0. The molecular weight excluding hydrogens is 359 g/mol. The Morgan fingerprint density at radius 1 is 1.42 bits per heavy atom. The molecule has 0 spiro atoms. The van der Waals surface area contributed by atoms with E-state index >= 15 is 0 Å². The molecule has 1 atom stereocenters. The molecule has 6 heteroatoms. The average Bonchev–Trinajstić information content (AvgIpc) is 2.49. The number of hydrogen-bond donors (Lipinski definition) is 1. The highest BCUT2D eigenvalue weighted by Gasteiger charge is 2.25. The minimum absolute atomic E-state index is 0.145. The van der Waals surface area contributed by atoms with Gasteiger partial charge in [0.25, 0.3) is 5.69 Å². The summed E-state index contributed by atoms with van der Waals surface area (Å²) in [7, 11) is 0. The van der Waals surface area contributed by atoms with Crippen molar-refractivity contribution in [1.82, 2.24) is 0 Å². The van der Waals surface area contributed by atoms with Crippen molar-refractivity contribution in [2.75, 3.05) is 18.0 Å². The van der Waals surface area contributed by atoms with Crippen LogP contribution in [0, 0.1) is 13.7 Å². The SMILES string of the molecule is CC1(O)CCCN(c2ccc([N+](=O)[O-])c(I)c2)CC1. The standard InChI is InChI=1S/C13H17IN2O3/c1-13(17)5-2-7-15(8-6-13)10-3-4-12(16(18)19)11(14)9-10/h3-4,9,17H,2,5-8H2,1H3. The monoisotopic (exact) mass is 376 g/mol. The van der Waals surface area contributed by atoms with Crippen LogP contribution in [0.25, 0.3) is 0 Å². The molecule has 0 amide bonds. The Bertz CT molecular complexity index is 491. The fourth-order valence-electron chi connectivity index (χ4n) is 2.36. The zero-order valence-electron chi connectivity index (χ0n) is 10.8. The second kappa shape index (κ2) is 5.62. The Hall–Kier alpha value is -0.890. The molecular formula is C13H17IN2O3. The number of anilines is 1. The molecule has 1 heterocycles. The Balaban J connectivity index is 2.18. The molecule has 1 fully saturated rings. The molecule has 0 radical (unpaired) electrons. The summed E-state index contributed by atoms with van der Waals surface area (Å²) < 4.78 is 0.649. The minimum Gasteiger partial charge on any atom is -0.390 e. The van der Waals surface area contributed by atoms with Crippen molar-refractivity contribution < 1.29 is 10.0 Å². The van der Waals surface area contributed by atoms with Gasteiger partial charge >= 0.3 is 0 Å². The first-order chi connectivity index (χ1) is 8.89. The van der Waals surface area contributed by atoms with Crippen molar-refractivity contribution in [1.29, 1.82) is 0 Å². The number of rotatable bonds is 2. The highest BCUT2D eigenvalue weighted by atomic mass is 127. The van der Waals surface area contributed by atoms with Crippen LogP contribution in [0.5, 0.6) is 0 Å². The van der Waals surface area contributed by atoms with Crippen LogP contribution < -0.4 is 4.90 Å². The van der Waals surface area contributed by atoms with E-state index in [4.69, 9.17) is 0 Å². The van der Waals surface area contributed by atoms with E-state index in [0.717, 1.165) is 38.0 Å². The molecule has 1 aliphatic heterocycles. The van der Waals surface area contributed by atoms with E-state index in [1.807, 2.05) is 35.6 Å². The molecule has 1 saturated heterocycles. The van der Waals surface area contributed by atoms with Gasteiger partial charge in [-0.15, -0.1) is 0 Å². The van der Waals surface area contributed by atoms with Crippen molar-refractivity contribution in [3.63, 3.8) is 0 Å². The topological polar surface area (TPSA) is 66.6 Å². The van der Waals surface area contributed by atoms with Crippen LogP contribution in [0.15, 0.2) is 18.2 Å². The molecule has 1 unspecified atom stereocenters. The predicted molar refractivity (Wildman–Crippen MR) is 82.5 cm³/mol. The van der Waals surface area contributed by atoms with E-state index in [-0.39, 0.29) is 10.6 Å². The van der Waals surface area contributed by atoms with Crippen LogP contribution in [-0.4, -0.2) is 28.7 Å². The summed E-state index contributed by atoms with van der Waals surface area (Å²) in [6.45, 7) is 3.53. The maximum atomic E-state index is 10.8. The summed E-state index contributed by atoms with van der Waals surface area (Å²) in [4.78, 5) is 12.6. The summed E-state index contributed by atoms with van der Waals surface area (Å²) in [6.07, 6.45) is 2.45. The summed E-state index contributed by atoms with van der Waals surface area (Å²) in [5, 5.41) is 20.9. The van der Waals surface area contributed by atoms with Crippen LogP contribution in [0.3, 0.4) is 0 Å². The number of hydrogen-bond acceptors (Lipinski definition) is 4. The summed E-state index contributed by atoms with van der Waals surface area (Å²) >= 11 is 2.00. The summed E-state index contributed by atoms with van der Waals surface area (Å²) in [5.41, 5.74) is 0.543. The molecule has 104 valence electrons. The third kappa shape index (κ3) is 3.56. The first-order valence-electron chi connectivity index (χ1n) is 6.30. The molecule has 1 aromatic carbocycles. The van der Waals surface area contributed by atoms with Crippen LogP contribution in [0.2, 0.25) is 0 Å². The van der Waals surface area contributed by atoms with Gasteiger partial charge in [0.1, 0.15) is 0 Å². The van der Waals surface area contributed by atoms with Crippen LogP contribution >= 0.6 is 22.6 Å². The lowest BCUT2D eigenvalue weighted by molar-refractivity contribution is -0.385. The number of halogens is 1. The molecule has 0 aromatic heterocycles. The van der Waals surface area contributed by atoms with Crippen molar-refractivity contribution in [2.45, 2.75) is 31.8 Å². The Morgan fingerprint density at radius 2 is 2.16 bits per heavy atom. The van der Waals surface area contributed by atoms with Crippen LogP contribution in [0.1, 0.15) is 26.2 Å². The number of nitrogens with zero attached hydrogens (tertiary/aromatic N) is 2. The van der Waals surface area contributed by atoms with Gasteiger partial charge in [0.2, 0.25) is 0 Å². The van der Waals surface area contributed by atoms with Gasteiger partial charge in [-0.25, -0.2) is 0 Å². The fourth-order valence-corrected chi connectivity index (χ4v) is 3.06. The Morgan fingerprint density at radius 3 is 2.79 bits per heavy atom. The van der Waals surface area contributed by atoms with E-state index in [1.54, 1.807) is 12.1 Å². The van der Waals surface area contributed by atoms with Gasteiger partial charge < -0.3 is 10.0 Å². The lowest BCUT2D eigenvalue weighted by Gasteiger charge is -2.24. The first kappa shape index (κ1) is 14.5. The summed E-state index contributed by atoms with van der Waals surface area (Å²) in [6, 6.07) is 5.19. The van der Waals surface area contributed by atoms with E-state index < -0.39 is 5.60 Å². The highest BCUT2D eigenvalue weighted by molar-refractivity contribution is 14.1. The quantitative estimate of drug-likeness (QED) is 0.490. The Labute approximate surface area is 125 Å². The van der Waals surface area contributed by atoms with Gasteiger partial charge in [-0.1, -0.05) is 0 Å². The summed E-state index contributed by atoms with van der Waals surface area (Å²) in [5.74, 6) is 0. The van der Waals surface area contributed by atoms with Gasteiger partial charge in [0, 0.05) is 24.8 Å². The maximum Gasteiger partial charge on any atom is 0.282 e.